The Morgan fingerprint density at radius 2 is 2.14 bits per heavy atom. The number of rotatable bonds is 5. The molecule has 0 saturated heterocycles. The van der Waals surface area contributed by atoms with Gasteiger partial charge < -0.3 is 5.73 Å². The van der Waals surface area contributed by atoms with Gasteiger partial charge in [0.15, 0.2) is 0 Å². The fourth-order valence-electron chi connectivity index (χ4n) is 1.15. The van der Waals surface area contributed by atoms with E-state index in [0.29, 0.717) is 6.04 Å². The fourth-order valence-corrected chi connectivity index (χ4v) is 2.69. The minimum Gasteiger partial charge on any atom is -0.328 e. The number of benzene rings is 1. The van der Waals surface area contributed by atoms with Crippen molar-refractivity contribution in [3.63, 3.8) is 0 Å². The van der Waals surface area contributed by atoms with Crippen molar-refractivity contribution >= 4 is 27.7 Å². The molecule has 1 unspecified atom stereocenters. The predicted molar refractivity (Wildman–Crippen MR) is 67.7 cm³/mol. The van der Waals surface area contributed by atoms with Crippen LogP contribution in [0.5, 0.6) is 0 Å². The zero-order valence-corrected chi connectivity index (χ0v) is 10.8. The number of hydrogen-bond donors (Lipinski definition) is 1. The van der Waals surface area contributed by atoms with Gasteiger partial charge in [0.05, 0.1) is 0 Å². The summed E-state index contributed by atoms with van der Waals surface area (Å²) >= 11 is 5.42. The van der Waals surface area contributed by atoms with Crippen molar-refractivity contribution in [1.29, 1.82) is 0 Å². The molecule has 1 nitrogen and oxygen atoms in total. The number of halogens is 1. The Kier molecular flexibility index (Phi) is 5.60. The third kappa shape index (κ3) is 4.49. The van der Waals surface area contributed by atoms with Gasteiger partial charge in [-0.2, -0.15) is 0 Å². The molecule has 1 aromatic carbocycles. The third-order valence-corrected chi connectivity index (χ3v) is 4.01. The topological polar surface area (TPSA) is 26.0 Å². The van der Waals surface area contributed by atoms with E-state index in [2.05, 4.69) is 41.1 Å². The summed E-state index contributed by atoms with van der Waals surface area (Å²) in [5.41, 5.74) is 5.68. The maximum absolute atomic E-state index is 5.68. The van der Waals surface area contributed by atoms with Crippen molar-refractivity contribution < 1.29 is 0 Å². The predicted octanol–water partition coefficient (Wildman–Crippen LogP) is 3.67. The lowest BCUT2D eigenvalue weighted by molar-refractivity contribution is 0.656. The van der Waals surface area contributed by atoms with E-state index < -0.39 is 0 Å². The number of nitrogens with two attached hydrogens (primary N) is 1. The second-order valence-corrected chi connectivity index (χ2v) is 5.39. The Morgan fingerprint density at radius 1 is 1.43 bits per heavy atom. The highest BCUT2D eigenvalue weighted by Crippen LogP contribution is 2.27. The molecule has 14 heavy (non-hydrogen) atoms. The van der Waals surface area contributed by atoms with E-state index in [-0.39, 0.29) is 0 Å². The molecule has 0 aromatic heterocycles. The molecule has 78 valence electrons. The van der Waals surface area contributed by atoms with Gasteiger partial charge in [-0.25, -0.2) is 0 Å². The molecule has 0 saturated carbocycles. The van der Waals surface area contributed by atoms with Crippen molar-refractivity contribution in [2.45, 2.75) is 30.7 Å². The summed E-state index contributed by atoms with van der Waals surface area (Å²) in [5.74, 6) is 1.14. The molecule has 0 aliphatic carbocycles. The molecule has 0 amide bonds. The highest BCUT2D eigenvalue weighted by molar-refractivity contribution is 9.10. The van der Waals surface area contributed by atoms with Crippen molar-refractivity contribution in [2.75, 3.05) is 5.75 Å². The molecule has 0 radical (unpaired) electrons. The molecule has 3 heteroatoms. The number of hydrogen-bond acceptors (Lipinski definition) is 2. The zero-order chi connectivity index (χ0) is 10.4. The highest BCUT2D eigenvalue weighted by atomic mass is 79.9. The first-order chi connectivity index (χ1) is 6.70. The van der Waals surface area contributed by atoms with Crippen LogP contribution in [-0.2, 0) is 0 Å². The zero-order valence-electron chi connectivity index (χ0n) is 8.37. The lowest BCUT2D eigenvalue weighted by atomic mass is 10.2. The van der Waals surface area contributed by atoms with E-state index in [0.717, 1.165) is 12.2 Å². The van der Waals surface area contributed by atoms with Gasteiger partial charge in [0, 0.05) is 15.4 Å². The van der Waals surface area contributed by atoms with E-state index in [1.165, 1.54) is 15.8 Å². The van der Waals surface area contributed by atoms with E-state index in [9.17, 15) is 0 Å². The minimum atomic E-state index is 0.329. The molecule has 0 fully saturated rings. The summed E-state index contributed by atoms with van der Waals surface area (Å²) in [6.45, 7) is 2.06. The average Bonchev–Trinajstić information content (AvgIpc) is 2.15. The molecular weight excluding hydrogens is 258 g/mol. The average molecular weight is 274 g/mol. The van der Waals surface area contributed by atoms with Crippen LogP contribution >= 0.6 is 27.7 Å². The monoisotopic (exact) mass is 273 g/mol. The van der Waals surface area contributed by atoms with Crippen LogP contribution in [0.25, 0.3) is 0 Å². The van der Waals surface area contributed by atoms with Crippen molar-refractivity contribution in [2.24, 2.45) is 5.73 Å². The molecule has 0 aliphatic heterocycles. The number of thioether (sulfide) groups is 1. The lowest BCUT2D eigenvalue weighted by Crippen LogP contribution is -2.14. The Balaban J connectivity index is 2.28. The van der Waals surface area contributed by atoms with E-state index in [4.69, 9.17) is 5.73 Å². The lowest BCUT2D eigenvalue weighted by Gasteiger charge is -2.05. The second-order valence-electron chi connectivity index (χ2n) is 3.40. The summed E-state index contributed by atoms with van der Waals surface area (Å²) in [6, 6.07) is 8.65. The maximum atomic E-state index is 5.68. The molecule has 0 spiro atoms. The van der Waals surface area contributed by atoms with E-state index in [1.54, 1.807) is 0 Å². The van der Waals surface area contributed by atoms with Gasteiger partial charge >= 0.3 is 0 Å². The molecule has 1 atom stereocenters. The van der Waals surface area contributed by atoms with Gasteiger partial charge in [0.25, 0.3) is 0 Å². The van der Waals surface area contributed by atoms with Crippen LogP contribution in [0.4, 0.5) is 0 Å². The quantitative estimate of drug-likeness (QED) is 0.655. The fraction of sp³-hybridized carbons (Fsp3) is 0.455. The molecule has 0 heterocycles. The van der Waals surface area contributed by atoms with Crippen LogP contribution < -0.4 is 5.73 Å². The summed E-state index contributed by atoms with van der Waals surface area (Å²) in [5, 5.41) is 0. The summed E-state index contributed by atoms with van der Waals surface area (Å²) in [6.07, 6.45) is 2.29. The van der Waals surface area contributed by atoms with Crippen LogP contribution in [-0.4, -0.2) is 11.8 Å². The van der Waals surface area contributed by atoms with Crippen LogP contribution in [0.1, 0.15) is 19.8 Å². The first kappa shape index (κ1) is 12.1. The molecular formula is C11H16BrNS. The minimum absolute atomic E-state index is 0.329. The standard InChI is InChI=1S/C11H16BrNS/c1-9(13)5-4-8-14-11-7-3-2-6-10(11)12/h2-3,6-7,9H,4-5,8,13H2,1H3. The van der Waals surface area contributed by atoms with Crippen molar-refractivity contribution in [3.8, 4) is 0 Å². The SMILES string of the molecule is CC(N)CCCSc1ccccc1Br. The molecule has 0 bridgehead atoms. The van der Waals surface area contributed by atoms with E-state index >= 15 is 0 Å². The summed E-state index contributed by atoms with van der Waals surface area (Å²) in [7, 11) is 0. The van der Waals surface area contributed by atoms with Gasteiger partial charge in [0.1, 0.15) is 0 Å². The van der Waals surface area contributed by atoms with Gasteiger partial charge in [-0.15, -0.1) is 11.8 Å². The normalized spacial score (nSPS) is 12.8. The van der Waals surface area contributed by atoms with Crippen LogP contribution in [0, 0.1) is 0 Å². The van der Waals surface area contributed by atoms with Crippen LogP contribution in [0.15, 0.2) is 33.6 Å². The van der Waals surface area contributed by atoms with Crippen LogP contribution in [0.2, 0.25) is 0 Å². The summed E-state index contributed by atoms with van der Waals surface area (Å²) in [4.78, 5) is 1.32. The van der Waals surface area contributed by atoms with Gasteiger partial charge in [-0.1, -0.05) is 12.1 Å². The Hall–Kier alpha value is 0.01000. The van der Waals surface area contributed by atoms with Gasteiger partial charge in [-0.3, -0.25) is 0 Å². The molecule has 0 aliphatic rings. The third-order valence-electron chi connectivity index (χ3n) is 1.90. The van der Waals surface area contributed by atoms with Gasteiger partial charge in [0.2, 0.25) is 0 Å². The Bertz CT molecular complexity index is 276. The first-order valence-corrected chi connectivity index (χ1v) is 6.61. The van der Waals surface area contributed by atoms with Crippen molar-refractivity contribution in [3.05, 3.63) is 28.7 Å². The smallest absolute Gasteiger partial charge is 0.0311 e. The van der Waals surface area contributed by atoms with Crippen LogP contribution in [0.3, 0.4) is 0 Å². The first-order valence-electron chi connectivity index (χ1n) is 4.83. The van der Waals surface area contributed by atoms with Gasteiger partial charge in [-0.05, 0) is 53.6 Å². The Labute approximate surface area is 98.6 Å². The maximum Gasteiger partial charge on any atom is 0.0311 e. The van der Waals surface area contributed by atoms with E-state index in [1.807, 2.05) is 17.8 Å². The Morgan fingerprint density at radius 3 is 2.79 bits per heavy atom. The van der Waals surface area contributed by atoms with Crippen molar-refractivity contribution in [1.82, 2.24) is 0 Å². The summed E-state index contributed by atoms with van der Waals surface area (Å²) < 4.78 is 1.19. The molecule has 1 rings (SSSR count). The molecule has 1 aromatic rings. The molecule has 2 N–H and O–H groups in total. The highest BCUT2D eigenvalue weighted by Gasteiger charge is 1.99. The largest absolute Gasteiger partial charge is 0.328 e. The second kappa shape index (κ2) is 6.49.